The molecular weight excluding hydrogens is 82.0 g/mol. The molecule has 3 heteroatoms. The molecule has 0 spiro atoms. The van der Waals surface area contributed by atoms with E-state index in [0.29, 0.717) is 0 Å². The molecule has 0 aromatic heterocycles. The number of hydrogen-bond donors (Lipinski definition) is 1. The van der Waals surface area contributed by atoms with Crippen LogP contribution in [0.2, 0.25) is 0 Å². The van der Waals surface area contributed by atoms with Crippen LogP contribution in [-0.2, 0) is 4.74 Å². The maximum atomic E-state index is 8.15. The Kier molecular flexibility index (Phi) is 2.38. The topological polar surface area (TPSA) is 33.8 Å². The summed E-state index contributed by atoms with van der Waals surface area (Å²) in [6.07, 6.45) is -1.16. The summed E-state index contributed by atoms with van der Waals surface area (Å²) in [5.41, 5.74) is 0. The Morgan fingerprint density at radius 1 is 2.00 bits per heavy atom. The normalized spacial score (nSPS) is 12.8. The van der Waals surface area contributed by atoms with E-state index in [1.807, 2.05) is 0 Å². The van der Waals surface area contributed by atoms with Crippen molar-refractivity contribution in [1.82, 2.24) is 0 Å². The largest absolute Gasteiger partial charge is 0.489 e. The zero-order valence-corrected chi connectivity index (χ0v) is 3.46. The number of aliphatic hydroxyl groups is 1. The van der Waals surface area contributed by atoms with Crippen molar-refractivity contribution in [3.63, 3.8) is 0 Å². The van der Waals surface area contributed by atoms with Crippen molar-refractivity contribution < 1.29 is 9.84 Å². The highest BCUT2D eigenvalue weighted by molar-refractivity contribution is 4.61. The zero-order valence-electron chi connectivity index (χ0n) is 3.46. The van der Waals surface area contributed by atoms with Crippen LogP contribution in [0.15, 0.2) is 0 Å². The highest BCUT2D eigenvalue weighted by Crippen LogP contribution is 1.79. The van der Waals surface area contributed by atoms with Gasteiger partial charge in [0.1, 0.15) is 0 Å². The zero-order chi connectivity index (χ0) is 4.99. The van der Waals surface area contributed by atoms with Crippen LogP contribution in [0, 0.1) is 6.57 Å². The molecular formula is C3H6NO2+. The van der Waals surface area contributed by atoms with Gasteiger partial charge in [-0.25, -0.2) is 0 Å². The minimum Gasteiger partial charge on any atom is -0.299 e. The number of nitrogens with zero attached hydrogens (tertiary/aromatic N) is 1. The van der Waals surface area contributed by atoms with Crippen LogP contribution in [0.1, 0.15) is 0 Å². The Morgan fingerprint density at radius 3 is 2.50 bits per heavy atom. The molecule has 0 amide bonds. The van der Waals surface area contributed by atoms with E-state index in [0.717, 1.165) is 0 Å². The maximum Gasteiger partial charge on any atom is 0.489 e. The molecule has 1 unspecified atom stereocenters. The van der Waals surface area contributed by atoms with Gasteiger partial charge >= 0.3 is 6.41 Å². The van der Waals surface area contributed by atoms with E-state index in [9.17, 15) is 0 Å². The van der Waals surface area contributed by atoms with E-state index >= 15 is 0 Å². The van der Waals surface area contributed by atoms with Gasteiger partial charge in [0, 0.05) is 7.11 Å². The predicted molar refractivity (Wildman–Crippen MR) is 21.3 cm³/mol. The summed E-state index contributed by atoms with van der Waals surface area (Å²) in [7, 11) is 1.31. The van der Waals surface area contributed by atoms with Crippen molar-refractivity contribution >= 4 is 0 Å². The molecule has 0 fully saturated rings. The number of methoxy groups -OCH3 is 1. The van der Waals surface area contributed by atoms with Gasteiger partial charge in [-0.05, 0) is 4.85 Å². The van der Waals surface area contributed by atoms with Crippen molar-refractivity contribution in [2.75, 3.05) is 7.11 Å². The Bertz CT molecular complexity index is 65.7. The molecule has 3 nitrogen and oxygen atoms in total. The first-order valence-corrected chi connectivity index (χ1v) is 1.42. The third-order valence-electron chi connectivity index (χ3n) is 0.338. The lowest BCUT2D eigenvalue weighted by atomic mass is 11.1. The van der Waals surface area contributed by atoms with Gasteiger partial charge in [0.15, 0.2) is 0 Å². The number of ether oxygens (including phenoxy) is 1. The molecule has 0 radical (unpaired) electrons. The summed E-state index contributed by atoms with van der Waals surface area (Å²) in [5.74, 6) is 0. The smallest absolute Gasteiger partial charge is 0.299 e. The first-order chi connectivity index (χ1) is 2.81. The molecule has 0 bridgehead atoms. The van der Waals surface area contributed by atoms with Crippen molar-refractivity contribution in [2.45, 2.75) is 6.41 Å². The second kappa shape index (κ2) is 2.64. The molecule has 0 aromatic rings. The predicted octanol–water partition coefficient (Wildman–Crippen LogP) is -0.129. The molecule has 1 N–H and O–H groups in total. The van der Waals surface area contributed by atoms with Gasteiger partial charge in [0.25, 0.3) is 6.57 Å². The lowest BCUT2D eigenvalue weighted by Gasteiger charge is -1.81. The highest BCUT2D eigenvalue weighted by atomic mass is 16.6. The van der Waals surface area contributed by atoms with Gasteiger partial charge in [-0.3, -0.25) is 9.84 Å². The lowest BCUT2D eigenvalue weighted by Crippen LogP contribution is -1.99. The van der Waals surface area contributed by atoms with Crippen molar-refractivity contribution in [3.05, 3.63) is 4.85 Å². The summed E-state index contributed by atoms with van der Waals surface area (Å²) in [6, 6.07) is 0. The van der Waals surface area contributed by atoms with E-state index in [2.05, 4.69) is 16.2 Å². The van der Waals surface area contributed by atoms with E-state index in [1.165, 1.54) is 7.11 Å². The van der Waals surface area contributed by atoms with Crippen LogP contribution < -0.4 is 0 Å². The molecule has 0 aliphatic heterocycles. The van der Waals surface area contributed by atoms with Crippen LogP contribution in [0.25, 0.3) is 4.85 Å². The summed E-state index contributed by atoms with van der Waals surface area (Å²) < 4.78 is 4.16. The van der Waals surface area contributed by atoms with Crippen LogP contribution in [0.3, 0.4) is 0 Å². The fourth-order valence-electron chi connectivity index (χ4n) is 0.0609. The molecule has 0 aliphatic rings. The van der Waals surface area contributed by atoms with Crippen LogP contribution in [-0.4, -0.2) is 18.6 Å². The Hall–Kier alpha value is -0.590. The van der Waals surface area contributed by atoms with Gasteiger partial charge in [-0.2, -0.15) is 0 Å². The molecule has 0 aliphatic carbocycles. The van der Waals surface area contributed by atoms with Gasteiger partial charge in [-0.15, -0.1) is 0 Å². The Morgan fingerprint density at radius 2 is 2.50 bits per heavy atom. The van der Waals surface area contributed by atoms with Crippen LogP contribution in [0.4, 0.5) is 0 Å². The van der Waals surface area contributed by atoms with E-state index in [1.54, 1.807) is 0 Å². The molecule has 1 atom stereocenters. The lowest BCUT2D eigenvalue weighted by molar-refractivity contribution is -0.0373. The van der Waals surface area contributed by atoms with E-state index in [-0.39, 0.29) is 0 Å². The Labute approximate surface area is 36.0 Å². The van der Waals surface area contributed by atoms with Crippen LogP contribution >= 0.6 is 0 Å². The number of rotatable bonds is 1. The van der Waals surface area contributed by atoms with Crippen molar-refractivity contribution in [3.8, 4) is 6.57 Å². The maximum absolute atomic E-state index is 8.15. The van der Waals surface area contributed by atoms with Gasteiger partial charge in [0.2, 0.25) is 0 Å². The average Bonchev–Trinajstić information content (AvgIpc) is 1.65. The van der Waals surface area contributed by atoms with Gasteiger partial charge in [0.05, 0.1) is 0 Å². The van der Waals surface area contributed by atoms with Gasteiger partial charge in [-0.1, -0.05) is 0 Å². The van der Waals surface area contributed by atoms with Crippen LogP contribution in [0.5, 0.6) is 0 Å². The second-order valence-corrected chi connectivity index (χ2v) is 0.711. The number of hydrogen-bond acceptors (Lipinski definition) is 2. The third-order valence-corrected chi connectivity index (χ3v) is 0.338. The summed E-state index contributed by atoms with van der Waals surface area (Å²) >= 11 is 0. The fourth-order valence-corrected chi connectivity index (χ4v) is 0.0609. The van der Waals surface area contributed by atoms with Crippen molar-refractivity contribution in [2.24, 2.45) is 0 Å². The first-order valence-electron chi connectivity index (χ1n) is 1.42. The average molecular weight is 88.1 g/mol. The minimum absolute atomic E-state index is 1.16. The van der Waals surface area contributed by atoms with E-state index < -0.39 is 6.41 Å². The fraction of sp³-hybridized carbons (Fsp3) is 0.667. The summed E-state index contributed by atoms with van der Waals surface area (Å²) in [4.78, 5) is 2.84. The second-order valence-electron chi connectivity index (χ2n) is 0.711. The molecule has 0 aromatic carbocycles. The quantitative estimate of drug-likeness (QED) is 0.453. The number of aliphatic hydroxyl groups excluding tert-OH is 1. The Balaban J connectivity index is 3.04. The molecule has 0 rings (SSSR count). The molecule has 34 valence electrons. The summed E-state index contributed by atoms with van der Waals surface area (Å²) in [5, 5.41) is 8.15. The minimum atomic E-state index is -1.16. The van der Waals surface area contributed by atoms with Gasteiger partial charge < -0.3 is 0 Å². The third kappa shape index (κ3) is 1.70. The summed E-state index contributed by atoms with van der Waals surface area (Å²) in [6.45, 7) is 4.53. The molecule has 0 heterocycles. The molecule has 0 saturated carbocycles. The molecule has 6 heavy (non-hydrogen) atoms. The van der Waals surface area contributed by atoms with Crippen molar-refractivity contribution in [1.29, 1.82) is 0 Å². The SMILES string of the molecule is C#[N+]C(O)OC. The first kappa shape index (κ1) is 5.41. The standard InChI is InChI=1S/C3H6NO2/c1-4-3(5)6-2/h1,3,5H,2H3/q+1. The highest BCUT2D eigenvalue weighted by Gasteiger charge is 2.02. The van der Waals surface area contributed by atoms with E-state index in [4.69, 9.17) is 5.11 Å². The monoisotopic (exact) mass is 88.0 g/mol. The molecule has 0 saturated heterocycles.